The Balaban J connectivity index is 3.13. The predicted octanol–water partition coefficient (Wildman–Crippen LogP) is 2.55. The average Bonchev–Trinajstić information content (AvgIpc) is 2.01. The monoisotopic (exact) mass is 194 g/mol. The van der Waals surface area contributed by atoms with Crippen LogP contribution < -0.4 is 9.92 Å². The first-order chi connectivity index (χ1) is 5.95. The lowest BCUT2D eigenvalue weighted by atomic mass is 10.2. The lowest BCUT2D eigenvalue weighted by Crippen LogP contribution is -2.39. The fourth-order valence-electron chi connectivity index (χ4n) is 1.60. The van der Waals surface area contributed by atoms with Gasteiger partial charge in [0.1, 0.15) is 5.75 Å². The van der Waals surface area contributed by atoms with Crippen LogP contribution in [0.1, 0.15) is 5.56 Å². The van der Waals surface area contributed by atoms with Crippen LogP contribution >= 0.6 is 0 Å². The standard InChI is InChI=1S/C11H18OSi/c1-9-8-10(12-2)6-7-11(9)13(3,4)5/h6-8H,1-5H3. The van der Waals surface area contributed by atoms with E-state index in [-0.39, 0.29) is 0 Å². The molecule has 72 valence electrons. The molecule has 1 nitrogen and oxygen atoms in total. The van der Waals surface area contributed by atoms with Gasteiger partial charge in [0.25, 0.3) is 0 Å². The van der Waals surface area contributed by atoms with Crippen LogP contribution in [-0.4, -0.2) is 15.2 Å². The maximum Gasteiger partial charge on any atom is 0.119 e. The Labute approximate surface area is 81.8 Å². The molecular formula is C11H18OSi. The first kappa shape index (κ1) is 10.3. The minimum absolute atomic E-state index is 0.958. The van der Waals surface area contributed by atoms with Crippen molar-refractivity contribution in [1.82, 2.24) is 0 Å². The second-order valence-electron chi connectivity index (χ2n) is 4.43. The minimum Gasteiger partial charge on any atom is -0.497 e. The van der Waals surface area contributed by atoms with Gasteiger partial charge in [-0.05, 0) is 24.6 Å². The van der Waals surface area contributed by atoms with E-state index in [0.29, 0.717) is 0 Å². The van der Waals surface area contributed by atoms with Crippen LogP contribution in [0.15, 0.2) is 18.2 Å². The molecule has 0 saturated heterocycles. The number of methoxy groups -OCH3 is 1. The molecule has 0 aromatic heterocycles. The second-order valence-corrected chi connectivity index (χ2v) is 9.47. The molecule has 1 aromatic carbocycles. The first-order valence-electron chi connectivity index (χ1n) is 4.60. The maximum absolute atomic E-state index is 5.18. The number of hydrogen-bond donors (Lipinski definition) is 0. The SMILES string of the molecule is COc1ccc([Si](C)(C)C)c(C)c1. The molecule has 0 heterocycles. The van der Waals surface area contributed by atoms with Gasteiger partial charge in [-0.3, -0.25) is 0 Å². The van der Waals surface area contributed by atoms with Crippen molar-refractivity contribution in [3.05, 3.63) is 23.8 Å². The van der Waals surface area contributed by atoms with Crippen molar-refractivity contribution in [3.8, 4) is 5.75 Å². The largest absolute Gasteiger partial charge is 0.497 e. The van der Waals surface area contributed by atoms with Gasteiger partial charge < -0.3 is 4.74 Å². The van der Waals surface area contributed by atoms with Gasteiger partial charge in [-0.25, -0.2) is 0 Å². The van der Waals surface area contributed by atoms with Gasteiger partial charge in [0.05, 0.1) is 15.2 Å². The van der Waals surface area contributed by atoms with Crippen LogP contribution in [0.2, 0.25) is 19.6 Å². The molecule has 0 fully saturated rings. The Morgan fingerprint density at radius 3 is 2.15 bits per heavy atom. The summed E-state index contributed by atoms with van der Waals surface area (Å²) in [7, 11) is 0.542. The van der Waals surface area contributed by atoms with Gasteiger partial charge in [0.15, 0.2) is 0 Å². The van der Waals surface area contributed by atoms with Gasteiger partial charge >= 0.3 is 0 Å². The third-order valence-electron chi connectivity index (χ3n) is 2.24. The summed E-state index contributed by atoms with van der Waals surface area (Å²) in [4.78, 5) is 0. The van der Waals surface area contributed by atoms with Crippen LogP contribution in [0.3, 0.4) is 0 Å². The predicted molar refractivity (Wildman–Crippen MR) is 60.7 cm³/mol. The molecule has 0 aliphatic carbocycles. The zero-order valence-electron chi connectivity index (χ0n) is 9.14. The van der Waals surface area contributed by atoms with Gasteiger partial charge in [0.2, 0.25) is 0 Å². The molecule has 0 atom stereocenters. The molecule has 0 unspecified atom stereocenters. The average molecular weight is 194 g/mol. The Morgan fingerprint density at radius 1 is 1.15 bits per heavy atom. The smallest absolute Gasteiger partial charge is 0.119 e. The first-order valence-corrected chi connectivity index (χ1v) is 8.10. The topological polar surface area (TPSA) is 9.23 Å². The molecule has 13 heavy (non-hydrogen) atoms. The van der Waals surface area contributed by atoms with E-state index in [1.807, 2.05) is 0 Å². The van der Waals surface area contributed by atoms with Crippen molar-refractivity contribution in [1.29, 1.82) is 0 Å². The zero-order chi connectivity index (χ0) is 10.1. The van der Waals surface area contributed by atoms with Crippen molar-refractivity contribution < 1.29 is 4.74 Å². The van der Waals surface area contributed by atoms with Crippen LogP contribution in [0.4, 0.5) is 0 Å². The van der Waals surface area contributed by atoms with Crippen molar-refractivity contribution in [2.75, 3.05) is 7.11 Å². The molecule has 0 spiro atoms. The Hall–Kier alpha value is -0.763. The summed E-state index contributed by atoms with van der Waals surface area (Å²) < 4.78 is 5.18. The highest BCUT2D eigenvalue weighted by atomic mass is 28.3. The lowest BCUT2D eigenvalue weighted by Gasteiger charge is -2.19. The molecule has 1 rings (SSSR count). The third kappa shape index (κ3) is 2.34. The highest BCUT2D eigenvalue weighted by molar-refractivity contribution is 6.89. The summed E-state index contributed by atoms with van der Waals surface area (Å²) in [6.07, 6.45) is 0. The van der Waals surface area contributed by atoms with E-state index in [0.717, 1.165) is 5.75 Å². The van der Waals surface area contributed by atoms with E-state index in [4.69, 9.17) is 4.74 Å². The van der Waals surface area contributed by atoms with Crippen LogP contribution in [0, 0.1) is 6.92 Å². The van der Waals surface area contributed by atoms with Gasteiger partial charge in [0, 0.05) is 0 Å². The third-order valence-corrected chi connectivity index (χ3v) is 4.42. The lowest BCUT2D eigenvalue weighted by molar-refractivity contribution is 0.414. The summed E-state index contributed by atoms with van der Waals surface area (Å²) in [5, 5.41) is 1.52. The molecule has 0 amide bonds. The highest BCUT2D eigenvalue weighted by Gasteiger charge is 2.18. The van der Waals surface area contributed by atoms with Crippen molar-refractivity contribution in [2.45, 2.75) is 26.6 Å². The highest BCUT2D eigenvalue weighted by Crippen LogP contribution is 2.14. The minimum atomic E-state index is -1.17. The Morgan fingerprint density at radius 2 is 1.77 bits per heavy atom. The molecule has 0 radical (unpaired) electrons. The molecule has 0 aliphatic rings. The molecule has 0 aliphatic heterocycles. The number of rotatable bonds is 2. The molecule has 0 N–H and O–H groups in total. The molecule has 0 saturated carbocycles. The van der Waals surface area contributed by atoms with E-state index in [1.54, 1.807) is 7.11 Å². The normalized spacial score (nSPS) is 11.5. The van der Waals surface area contributed by atoms with Crippen LogP contribution in [0.25, 0.3) is 0 Å². The summed E-state index contributed by atoms with van der Waals surface area (Å²) in [5.74, 6) is 0.958. The fourth-order valence-corrected chi connectivity index (χ4v) is 3.44. The van der Waals surface area contributed by atoms with E-state index >= 15 is 0 Å². The molecular weight excluding hydrogens is 176 g/mol. The van der Waals surface area contributed by atoms with Gasteiger partial charge in [-0.2, -0.15) is 0 Å². The molecule has 2 heteroatoms. The van der Waals surface area contributed by atoms with E-state index in [1.165, 1.54) is 10.8 Å². The fraction of sp³-hybridized carbons (Fsp3) is 0.455. The summed E-state index contributed by atoms with van der Waals surface area (Å²) in [6.45, 7) is 9.25. The Kier molecular flexibility index (Phi) is 2.81. The van der Waals surface area contributed by atoms with E-state index < -0.39 is 8.07 Å². The summed E-state index contributed by atoms with van der Waals surface area (Å²) in [5.41, 5.74) is 1.36. The van der Waals surface area contributed by atoms with Crippen LogP contribution in [0.5, 0.6) is 5.75 Å². The van der Waals surface area contributed by atoms with Crippen molar-refractivity contribution in [2.24, 2.45) is 0 Å². The molecule has 1 aromatic rings. The van der Waals surface area contributed by atoms with E-state index in [9.17, 15) is 0 Å². The summed E-state index contributed by atoms with van der Waals surface area (Å²) >= 11 is 0. The summed E-state index contributed by atoms with van der Waals surface area (Å²) in [6, 6.07) is 6.38. The quantitative estimate of drug-likeness (QED) is 0.657. The molecule has 0 bridgehead atoms. The number of hydrogen-bond acceptors (Lipinski definition) is 1. The van der Waals surface area contributed by atoms with Crippen molar-refractivity contribution in [3.63, 3.8) is 0 Å². The van der Waals surface area contributed by atoms with Crippen LogP contribution in [-0.2, 0) is 0 Å². The Bertz CT molecular complexity index is 299. The van der Waals surface area contributed by atoms with E-state index in [2.05, 4.69) is 44.8 Å². The van der Waals surface area contributed by atoms with Crippen molar-refractivity contribution >= 4 is 13.3 Å². The number of ether oxygens (including phenoxy) is 1. The van der Waals surface area contributed by atoms with Gasteiger partial charge in [-0.15, -0.1) is 0 Å². The maximum atomic E-state index is 5.18. The zero-order valence-corrected chi connectivity index (χ0v) is 10.1. The number of benzene rings is 1. The number of aryl methyl sites for hydroxylation is 1. The second kappa shape index (κ2) is 3.54. The van der Waals surface area contributed by atoms with Gasteiger partial charge in [-0.1, -0.05) is 30.9 Å².